The maximum atomic E-state index is 10.7. The summed E-state index contributed by atoms with van der Waals surface area (Å²) in [6, 6.07) is -0.455. The summed E-state index contributed by atoms with van der Waals surface area (Å²) in [5, 5.41) is 8.82. The lowest BCUT2D eigenvalue weighted by Crippen LogP contribution is -2.45. The molecule has 5 heteroatoms. The molecule has 3 nitrogen and oxygen atoms in total. The molecule has 1 N–H and O–H groups in total. The minimum atomic E-state index is -0.800. The van der Waals surface area contributed by atoms with E-state index in [-0.39, 0.29) is 0 Å². The van der Waals surface area contributed by atoms with Crippen LogP contribution in [0.5, 0.6) is 0 Å². The Morgan fingerprint density at radius 3 is 2.67 bits per heavy atom. The Labute approximate surface area is 82.2 Å². The van der Waals surface area contributed by atoms with Gasteiger partial charge in [-0.15, -0.1) is 12.6 Å². The van der Waals surface area contributed by atoms with Gasteiger partial charge in [0.2, 0.25) is 0 Å². The Kier molecular flexibility index (Phi) is 3.34. The fraction of sp³-hybridized carbons (Fsp3) is 0.714. The minimum Gasteiger partial charge on any atom is -0.480 e. The van der Waals surface area contributed by atoms with Gasteiger partial charge in [0.15, 0.2) is 0 Å². The van der Waals surface area contributed by atoms with E-state index in [0.717, 1.165) is 19.4 Å². The zero-order chi connectivity index (χ0) is 9.14. The zero-order valence-corrected chi connectivity index (χ0v) is 8.27. The summed E-state index contributed by atoms with van der Waals surface area (Å²) in [5.41, 5.74) is 0. The topological polar surface area (TPSA) is 40.5 Å². The molecule has 0 amide bonds. The molecule has 1 saturated heterocycles. The van der Waals surface area contributed by atoms with Crippen LogP contribution in [0.1, 0.15) is 19.3 Å². The van der Waals surface area contributed by atoms with E-state index in [0.29, 0.717) is 10.7 Å². The first-order chi connectivity index (χ1) is 5.63. The van der Waals surface area contributed by atoms with Crippen LogP contribution in [0.3, 0.4) is 0 Å². The number of likely N-dealkylation sites (tertiary alicyclic amines) is 1. The number of hydrogen-bond acceptors (Lipinski definition) is 2. The van der Waals surface area contributed by atoms with Crippen molar-refractivity contribution in [2.45, 2.75) is 25.3 Å². The molecule has 12 heavy (non-hydrogen) atoms. The molecule has 0 bridgehead atoms. The number of hydrogen-bond donors (Lipinski definition) is 2. The quantitative estimate of drug-likeness (QED) is 0.497. The standard InChI is InChI=1S/C7H11NO2S2/c9-6(10)5-3-1-2-4-8(5)7(11)12/h5H,1-4H2,(H,9,10)(H,11,12). The first-order valence-electron chi connectivity index (χ1n) is 3.85. The average molecular weight is 205 g/mol. The molecule has 0 aliphatic carbocycles. The molecule has 1 unspecified atom stereocenters. The summed E-state index contributed by atoms with van der Waals surface area (Å²) in [4.78, 5) is 12.4. The van der Waals surface area contributed by atoms with Gasteiger partial charge in [0.25, 0.3) is 0 Å². The monoisotopic (exact) mass is 205 g/mol. The number of carbonyl (C=O) groups is 1. The van der Waals surface area contributed by atoms with Crippen molar-refractivity contribution in [3.8, 4) is 0 Å². The first-order valence-corrected chi connectivity index (χ1v) is 4.71. The SMILES string of the molecule is O=C(O)C1CCCCN1C(=S)S. The van der Waals surface area contributed by atoms with E-state index in [1.165, 1.54) is 0 Å². The molecule has 1 fully saturated rings. The van der Waals surface area contributed by atoms with Crippen LogP contribution < -0.4 is 0 Å². The molecule has 0 aromatic rings. The van der Waals surface area contributed by atoms with E-state index in [9.17, 15) is 4.79 Å². The van der Waals surface area contributed by atoms with Gasteiger partial charge < -0.3 is 10.0 Å². The lowest BCUT2D eigenvalue weighted by molar-refractivity contribution is -0.142. The number of carboxylic acids is 1. The fourth-order valence-corrected chi connectivity index (χ4v) is 1.88. The van der Waals surface area contributed by atoms with Gasteiger partial charge in [-0.05, 0) is 19.3 Å². The summed E-state index contributed by atoms with van der Waals surface area (Å²) >= 11 is 8.83. The van der Waals surface area contributed by atoms with E-state index >= 15 is 0 Å². The third-order valence-electron chi connectivity index (χ3n) is 2.03. The number of thiol groups is 1. The van der Waals surface area contributed by atoms with E-state index in [2.05, 4.69) is 12.6 Å². The smallest absolute Gasteiger partial charge is 0.326 e. The van der Waals surface area contributed by atoms with Crippen molar-refractivity contribution in [2.75, 3.05) is 6.54 Å². The maximum Gasteiger partial charge on any atom is 0.326 e. The lowest BCUT2D eigenvalue weighted by Gasteiger charge is -2.33. The summed E-state index contributed by atoms with van der Waals surface area (Å²) < 4.78 is 0.391. The summed E-state index contributed by atoms with van der Waals surface area (Å²) in [6.45, 7) is 0.722. The van der Waals surface area contributed by atoms with Crippen molar-refractivity contribution >= 4 is 35.1 Å². The van der Waals surface area contributed by atoms with Crippen molar-refractivity contribution in [2.24, 2.45) is 0 Å². The fourth-order valence-electron chi connectivity index (χ4n) is 1.42. The van der Waals surface area contributed by atoms with Crippen LogP contribution in [0.15, 0.2) is 0 Å². The van der Waals surface area contributed by atoms with Crippen LogP contribution in [0.4, 0.5) is 0 Å². The summed E-state index contributed by atoms with van der Waals surface area (Å²) in [5.74, 6) is -0.800. The normalized spacial score (nSPS) is 23.8. The highest BCUT2D eigenvalue weighted by Gasteiger charge is 2.28. The van der Waals surface area contributed by atoms with Crippen LogP contribution in [0.2, 0.25) is 0 Å². The minimum absolute atomic E-state index is 0.391. The van der Waals surface area contributed by atoms with E-state index < -0.39 is 12.0 Å². The number of rotatable bonds is 1. The molecule has 0 spiro atoms. The first kappa shape index (κ1) is 9.80. The van der Waals surface area contributed by atoms with Crippen molar-refractivity contribution in [1.82, 2.24) is 4.90 Å². The summed E-state index contributed by atoms with van der Waals surface area (Å²) in [7, 11) is 0. The Balaban J connectivity index is 2.67. The predicted octanol–water partition coefficient (Wildman–Crippen LogP) is 1.14. The Hall–Kier alpha value is -0.290. The molecule has 1 atom stereocenters. The van der Waals surface area contributed by atoms with Crippen LogP contribution in [0, 0.1) is 0 Å². The van der Waals surface area contributed by atoms with Gasteiger partial charge in [-0.1, -0.05) is 12.2 Å². The predicted molar refractivity (Wildman–Crippen MR) is 53.6 cm³/mol. The summed E-state index contributed by atoms with van der Waals surface area (Å²) in [6.07, 6.45) is 2.64. The molecule has 1 heterocycles. The number of carboxylic acid groups (broad SMARTS) is 1. The maximum absolute atomic E-state index is 10.7. The molecular weight excluding hydrogens is 194 g/mol. The largest absolute Gasteiger partial charge is 0.480 e. The number of aliphatic carboxylic acids is 1. The number of piperidine rings is 1. The second-order valence-electron chi connectivity index (χ2n) is 2.83. The van der Waals surface area contributed by atoms with Crippen LogP contribution in [-0.4, -0.2) is 32.9 Å². The molecular formula is C7H11NO2S2. The van der Waals surface area contributed by atoms with Crippen molar-refractivity contribution in [1.29, 1.82) is 0 Å². The van der Waals surface area contributed by atoms with Gasteiger partial charge in [0, 0.05) is 6.54 Å². The molecule has 0 aromatic heterocycles. The average Bonchev–Trinajstić information content (AvgIpc) is 2.04. The van der Waals surface area contributed by atoms with E-state index in [4.69, 9.17) is 17.3 Å². The van der Waals surface area contributed by atoms with Gasteiger partial charge in [-0.3, -0.25) is 0 Å². The third kappa shape index (κ3) is 2.10. The molecule has 0 radical (unpaired) electrons. The molecule has 0 saturated carbocycles. The van der Waals surface area contributed by atoms with Gasteiger partial charge in [-0.25, -0.2) is 4.79 Å². The Bertz CT molecular complexity index is 186. The highest BCUT2D eigenvalue weighted by atomic mass is 32.1. The molecule has 1 aliphatic heterocycles. The molecule has 1 rings (SSSR count). The highest BCUT2D eigenvalue weighted by Crippen LogP contribution is 2.18. The second kappa shape index (κ2) is 4.09. The van der Waals surface area contributed by atoms with Crippen molar-refractivity contribution in [3.63, 3.8) is 0 Å². The third-order valence-corrected chi connectivity index (χ3v) is 2.52. The van der Waals surface area contributed by atoms with Gasteiger partial charge in [0.05, 0.1) is 0 Å². The van der Waals surface area contributed by atoms with Gasteiger partial charge >= 0.3 is 5.97 Å². The number of thiocarbonyl (C=S) groups is 1. The zero-order valence-electron chi connectivity index (χ0n) is 6.56. The van der Waals surface area contributed by atoms with Crippen LogP contribution >= 0.6 is 24.8 Å². The van der Waals surface area contributed by atoms with Crippen LogP contribution in [-0.2, 0) is 4.79 Å². The van der Waals surface area contributed by atoms with E-state index in [1.54, 1.807) is 4.90 Å². The van der Waals surface area contributed by atoms with Crippen LogP contribution in [0.25, 0.3) is 0 Å². The molecule has 1 aliphatic rings. The Morgan fingerprint density at radius 2 is 2.25 bits per heavy atom. The van der Waals surface area contributed by atoms with Crippen molar-refractivity contribution < 1.29 is 9.90 Å². The highest BCUT2D eigenvalue weighted by molar-refractivity contribution is 8.10. The van der Waals surface area contributed by atoms with Gasteiger partial charge in [0.1, 0.15) is 10.4 Å². The van der Waals surface area contributed by atoms with E-state index in [1.807, 2.05) is 0 Å². The van der Waals surface area contributed by atoms with Gasteiger partial charge in [-0.2, -0.15) is 0 Å². The Morgan fingerprint density at radius 1 is 1.58 bits per heavy atom. The number of nitrogens with zero attached hydrogens (tertiary/aromatic N) is 1. The molecule has 68 valence electrons. The van der Waals surface area contributed by atoms with Crippen molar-refractivity contribution in [3.05, 3.63) is 0 Å². The second-order valence-corrected chi connectivity index (χ2v) is 3.94. The lowest BCUT2D eigenvalue weighted by atomic mass is 10.0. The molecule has 0 aromatic carbocycles.